The number of amides is 1. The zero-order valence-electron chi connectivity index (χ0n) is 14.7. The molecule has 2 aromatic rings. The van der Waals surface area contributed by atoms with Crippen LogP contribution in [0.3, 0.4) is 0 Å². The van der Waals surface area contributed by atoms with Gasteiger partial charge in [-0.3, -0.25) is 14.5 Å². The van der Waals surface area contributed by atoms with E-state index < -0.39 is 0 Å². The van der Waals surface area contributed by atoms with E-state index in [0.717, 1.165) is 28.7 Å². The van der Waals surface area contributed by atoms with E-state index in [4.69, 9.17) is 21.7 Å². The van der Waals surface area contributed by atoms with Crippen LogP contribution in [0, 0.1) is 4.77 Å². The SMILES string of the molecule is CCCc1n[nH]c(=S)n1CC(=O)NC(C)c1cc2c(cc1Br)OCCO2. The van der Waals surface area contributed by atoms with Gasteiger partial charge >= 0.3 is 0 Å². The molecule has 1 aliphatic rings. The smallest absolute Gasteiger partial charge is 0.240 e. The molecule has 0 spiro atoms. The van der Waals surface area contributed by atoms with Gasteiger partial charge in [0.2, 0.25) is 5.91 Å². The molecule has 1 aliphatic heterocycles. The Morgan fingerprint density at radius 3 is 2.81 bits per heavy atom. The van der Waals surface area contributed by atoms with Crippen LogP contribution in [0.5, 0.6) is 11.5 Å². The monoisotopic (exact) mass is 440 g/mol. The molecule has 2 N–H and O–H groups in total. The largest absolute Gasteiger partial charge is 0.486 e. The van der Waals surface area contributed by atoms with Crippen LogP contribution < -0.4 is 14.8 Å². The van der Waals surface area contributed by atoms with Crippen LogP contribution in [0.15, 0.2) is 16.6 Å². The third-order valence-electron chi connectivity index (χ3n) is 4.12. The summed E-state index contributed by atoms with van der Waals surface area (Å²) in [6.45, 7) is 5.18. The fraction of sp³-hybridized carbons (Fsp3) is 0.471. The quantitative estimate of drug-likeness (QED) is 0.673. The van der Waals surface area contributed by atoms with E-state index in [1.807, 2.05) is 19.1 Å². The highest BCUT2D eigenvalue weighted by Gasteiger charge is 2.20. The van der Waals surface area contributed by atoms with Crippen molar-refractivity contribution in [1.29, 1.82) is 0 Å². The van der Waals surface area contributed by atoms with Gasteiger partial charge in [-0.05, 0) is 43.3 Å². The van der Waals surface area contributed by atoms with Crippen LogP contribution >= 0.6 is 28.1 Å². The van der Waals surface area contributed by atoms with Crippen LogP contribution in [0.4, 0.5) is 0 Å². The first-order valence-corrected chi connectivity index (χ1v) is 9.72. The molecule has 1 aromatic heterocycles. The molecular weight excluding hydrogens is 420 g/mol. The number of rotatable bonds is 6. The molecule has 2 heterocycles. The molecule has 3 rings (SSSR count). The second-order valence-electron chi connectivity index (χ2n) is 6.09. The fourth-order valence-electron chi connectivity index (χ4n) is 2.85. The van der Waals surface area contributed by atoms with Crippen molar-refractivity contribution in [3.8, 4) is 11.5 Å². The topological polar surface area (TPSA) is 81.2 Å². The number of aryl methyl sites for hydroxylation is 1. The molecule has 0 saturated heterocycles. The Hall–Kier alpha value is -1.87. The number of aromatic amines is 1. The minimum absolute atomic E-state index is 0.130. The van der Waals surface area contributed by atoms with Crippen LogP contribution in [0.25, 0.3) is 0 Å². The lowest BCUT2D eigenvalue weighted by molar-refractivity contribution is -0.122. The summed E-state index contributed by atoms with van der Waals surface area (Å²) in [6, 6.07) is 3.57. The highest BCUT2D eigenvalue weighted by molar-refractivity contribution is 9.10. The summed E-state index contributed by atoms with van der Waals surface area (Å²) in [6.07, 6.45) is 1.70. The lowest BCUT2D eigenvalue weighted by Gasteiger charge is -2.22. The Labute approximate surface area is 165 Å². The molecule has 0 bridgehead atoms. The van der Waals surface area contributed by atoms with Crippen molar-refractivity contribution < 1.29 is 14.3 Å². The molecule has 0 saturated carbocycles. The highest BCUT2D eigenvalue weighted by atomic mass is 79.9. The van der Waals surface area contributed by atoms with E-state index in [1.54, 1.807) is 4.57 Å². The summed E-state index contributed by atoms with van der Waals surface area (Å²) in [7, 11) is 0. The number of carbonyl (C=O) groups excluding carboxylic acids is 1. The second-order valence-corrected chi connectivity index (χ2v) is 7.33. The highest BCUT2D eigenvalue weighted by Crippen LogP contribution is 2.37. The Morgan fingerprint density at radius 2 is 2.12 bits per heavy atom. The first-order chi connectivity index (χ1) is 12.5. The Kier molecular flexibility index (Phi) is 5.98. The Bertz CT molecular complexity index is 864. The minimum atomic E-state index is -0.205. The Balaban J connectivity index is 1.72. The molecule has 9 heteroatoms. The van der Waals surface area contributed by atoms with Crippen molar-refractivity contribution >= 4 is 34.1 Å². The first-order valence-electron chi connectivity index (χ1n) is 8.52. The number of halogens is 1. The molecule has 26 heavy (non-hydrogen) atoms. The van der Waals surface area contributed by atoms with E-state index >= 15 is 0 Å². The van der Waals surface area contributed by atoms with Gasteiger partial charge in [0.1, 0.15) is 25.6 Å². The summed E-state index contributed by atoms with van der Waals surface area (Å²) < 4.78 is 14.3. The molecule has 1 atom stereocenters. The molecular formula is C17H21BrN4O3S. The molecule has 0 radical (unpaired) electrons. The number of hydrogen-bond donors (Lipinski definition) is 2. The molecule has 1 aromatic carbocycles. The molecule has 1 unspecified atom stereocenters. The van der Waals surface area contributed by atoms with Crippen LogP contribution in [-0.2, 0) is 17.8 Å². The van der Waals surface area contributed by atoms with Crippen molar-refractivity contribution in [2.24, 2.45) is 0 Å². The van der Waals surface area contributed by atoms with E-state index in [2.05, 4.69) is 38.4 Å². The predicted octanol–water partition coefficient (Wildman–Crippen LogP) is 3.30. The lowest BCUT2D eigenvalue weighted by Crippen LogP contribution is -2.31. The zero-order valence-corrected chi connectivity index (χ0v) is 17.1. The number of aromatic nitrogens is 3. The van der Waals surface area contributed by atoms with Gasteiger partial charge in [-0.1, -0.05) is 22.9 Å². The molecule has 7 nitrogen and oxygen atoms in total. The maximum Gasteiger partial charge on any atom is 0.240 e. The lowest BCUT2D eigenvalue weighted by atomic mass is 10.1. The first kappa shape index (κ1) is 18.9. The number of fused-ring (bicyclic) bond motifs is 1. The standard InChI is InChI=1S/C17H21BrN4O3S/c1-3-4-15-20-21-17(26)22(15)9-16(23)19-10(2)11-7-13-14(8-12(11)18)25-6-5-24-13/h7-8,10H,3-6,9H2,1-2H3,(H,19,23)(H,21,26). The van der Waals surface area contributed by atoms with Crippen molar-refractivity contribution in [1.82, 2.24) is 20.1 Å². The summed E-state index contributed by atoms with van der Waals surface area (Å²) >= 11 is 8.77. The van der Waals surface area contributed by atoms with Crippen molar-refractivity contribution in [2.75, 3.05) is 13.2 Å². The summed E-state index contributed by atoms with van der Waals surface area (Å²) in [5, 5.41) is 9.94. The summed E-state index contributed by atoms with van der Waals surface area (Å²) in [5.74, 6) is 2.06. The average Bonchev–Trinajstić information content (AvgIpc) is 2.94. The van der Waals surface area contributed by atoms with Gasteiger partial charge in [0.05, 0.1) is 6.04 Å². The van der Waals surface area contributed by atoms with Gasteiger partial charge in [-0.2, -0.15) is 5.10 Å². The maximum atomic E-state index is 12.5. The third kappa shape index (κ3) is 4.09. The van der Waals surface area contributed by atoms with Crippen LogP contribution in [-0.4, -0.2) is 33.9 Å². The molecule has 140 valence electrons. The number of H-pyrrole nitrogens is 1. The normalized spacial score (nSPS) is 14.1. The maximum absolute atomic E-state index is 12.5. The van der Waals surface area contributed by atoms with Gasteiger partial charge < -0.3 is 14.8 Å². The summed E-state index contributed by atoms with van der Waals surface area (Å²) in [5.41, 5.74) is 0.923. The number of carbonyl (C=O) groups is 1. The second kappa shape index (κ2) is 8.22. The van der Waals surface area contributed by atoms with E-state index in [1.165, 1.54) is 0 Å². The molecule has 0 fully saturated rings. The number of ether oxygens (including phenoxy) is 2. The van der Waals surface area contributed by atoms with Crippen molar-refractivity contribution in [3.63, 3.8) is 0 Å². The Morgan fingerprint density at radius 1 is 1.42 bits per heavy atom. The molecule has 1 amide bonds. The summed E-state index contributed by atoms with van der Waals surface area (Å²) in [4.78, 5) is 12.5. The van der Waals surface area contributed by atoms with E-state index in [0.29, 0.717) is 29.5 Å². The van der Waals surface area contributed by atoms with Gasteiger partial charge in [-0.15, -0.1) is 0 Å². The van der Waals surface area contributed by atoms with E-state index in [-0.39, 0.29) is 18.5 Å². The minimum Gasteiger partial charge on any atom is -0.486 e. The van der Waals surface area contributed by atoms with E-state index in [9.17, 15) is 4.79 Å². The zero-order chi connectivity index (χ0) is 18.7. The third-order valence-corrected chi connectivity index (χ3v) is 5.12. The van der Waals surface area contributed by atoms with Gasteiger partial charge in [-0.25, -0.2) is 0 Å². The fourth-order valence-corrected chi connectivity index (χ4v) is 3.73. The number of nitrogens with zero attached hydrogens (tertiary/aromatic N) is 2. The van der Waals surface area contributed by atoms with Crippen molar-refractivity contribution in [2.45, 2.75) is 39.3 Å². The van der Waals surface area contributed by atoms with Crippen LogP contribution in [0.2, 0.25) is 0 Å². The van der Waals surface area contributed by atoms with Gasteiger partial charge in [0.25, 0.3) is 0 Å². The number of nitrogens with one attached hydrogen (secondary N) is 2. The van der Waals surface area contributed by atoms with Crippen molar-refractivity contribution in [3.05, 3.63) is 32.8 Å². The predicted molar refractivity (Wildman–Crippen MR) is 103 cm³/mol. The van der Waals surface area contributed by atoms with Gasteiger partial charge in [0, 0.05) is 10.9 Å². The van der Waals surface area contributed by atoms with Crippen LogP contribution in [0.1, 0.15) is 37.7 Å². The van der Waals surface area contributed by atoms with Gasteiger partial charge in [0.15, 0.2) is 16.3 Å². The number of benzene rings is 1. The molecule has 0 aliphatic carbocycles. The number of hydrogen-bond acceptors (Lipinski definition) is 5. The average molecular weight is 441 g/mol.